The Labute approximate surface area is 95.7 Å². The Morgan fingerprint density at radius 2 is 2.00 bits per heavy atom. The molecule has 16 heavy (non-hydrogen) atoms. The zero-order valence-corrected chi connectivity index (χ0v) is 10.5. The van der Waals surface area contributed by atoms with E-state index in [9.17, 15) is 13.2 Å². The van der Waals surface area contributed by atoms with Crippen molar-refractivity contribution in [1.82, 2.24) is 4.72 Å². The van der Waals surface area contributed by atoms with Crippen molar-refractivity contribution in [1.29, 1.82) is 0 Å². The second-order valence-corrected chi connectivity index (χ2v) is 6.02. The molecule has 3 N–H and O–H groups in total. The van der Waals surface area contributed by atoms with Crippen molar-refractivity contribution in [3.8, 4) is 0 Å². The van der Waals surface area contributed by atoms with E-state index in [0.717, 1.165) is 6.92 Å². The van der Waals surface area contributed by atoms with Crippen LogP contribution < -0.4 is 4.72 Å². The van der Waals surface area contributed by atoms with Gasteiger partial charge in [-0.1, -0.05) is 6.92 Å². The Hall–Kier alpha value is -0.660. The number of aliphatic hydroxyl groups is 1. The zero-order valence-electron chi connectivity index (χ0n) is 9.73. The number of aliphatic hydroxyl groups excluding tert-OH is 1. The van der Waals surface area contributed by atoms with Gasteiger partial charge in [0.1, 0.15) is 0 Å². The maximum absolute atomic E-state index is 11.6. The van der Waals surface area contributed by atoms with Gasteiger partial charge in [0, 0.05) is 12.1 Å². The first-order valence-electron chi connectivity index (χ1n) is 5.05. The van der Waals surface area contributed by atoms with Crippen molar-refractivity contribution in [3.63, 3.8) is 0 Å². The number of sulfonamides is 1. The average molecular weight is 253 g/mol. The van der Waals surface area contributed by atoms with E-state index in [1.165, 1.54) is 0 Å². The van der Waals surface area contributed by atoms with Crippen molar-refractivity contribution in [3.05, 3.63) is 0 Å². The number of hydrogen-bond acceptors (Lipinski definition) is 4. The van der Waals surface area contributed by atoms with Crippen LogP contribution in [0.25, 0.3) is 0 Å². The maximum atomic E-state index is 11.6. The van der Waals surface area contributed by atoms with Gasteiger partial charge in [0.2, 0.25) is 10.0 Å². The van der Waals surface area contributed by atoms with Gasteiger partial charge in [0.25, 0.3) is 0 Å². The monoisotopic (exact) mass is 253 g/mol. The predicted octanol–water partition coefficient (Wildman–Crippen LogP) is -0.0700. The van der Waals surface area contributed by atoms with Crippen LogP contribution >= 0.6 is 0 Å². The summed E-state index contributed by atoms with van der Waals surface area (Å²) < 4.78 is 25.6. The lowest BCUT2D eigenvalue weighted by Gasteiger charge is -2.29. The third-order valence-electron chi connectivity index (χ3n) is 2.65. The first-order valence-corrected chi connectivity index (χ1v) is 6.59. The molecule has 0 saturated carbocycles. The largest absolute Gasteiger partial charge is 0.480 e. The molecule has 2 atom stereocenters. The lowest BCUT2D eigenvalue weighted by molar-refractivity contribution is -0.136. The van der Waals surface area contributed by atoms with Crippen LogP contribution in [0.5, 0.6) is 0 Å². The number of nitrogens with one attached hydrogen (secondary N) is 1. The highest BCUT2D eigenvalue weighted by Gasteiger charge is 2.34. The van der Waals surface area contributed by atoms with Crippen LogP contribution in [-0.2, 0) is 14.8 Å². The van der Waals surface area contributed by atoms with Crippen LogP contribution in [0, 0.1) is 0 Å². The fourth-order valence-electron chi connectivity index (χ4n) is 1.11. The fourth-order valence-corrected chi connectivity index (χ4v) is 2.49. The van der Waals surface area contributed by atoms with Gasteiger partial charge in [0.15, 0.2) is 5.25 Å². The molecule has 0 aliphatic rings. The Kier molecular flexibility index (Phi) is 5.37. The van der Waals surface area contributed by atoms with E-state index in [1.807, 2.05) is 0 Å². The molecule has 0 amide bonds. The van der Waals surface area contributed by atoms with Gasteiger partial charge >= 0.3 is 5.97 Å². The summed E-state index contributed by atoms with van der Waals surface area (Å²) in [6, 6.07) is 0. The average Bonchev–Trinajstić information content (AvgIpc) is 2.16. The molecule has 0 bridgehead atoms. The molecule has 6 nitrogen and oxygen atoms in total. The van der Waals surface area contributed by atoms with Crippen LogP contribution in [0.1, 0.15) is 33.6 Å². The highest BCUT2D eigenvalue weighted by molar-refractivity contribution is 7.90. The second kappa shape index (κ2) is 5.60. The first kappa shape index (κ1) is 15.3. The summed E-state index contributed by atoms with van der Waals surface area (Å²) in [5, 5.41) is 16.0. The number of carboxylic acids is 1. The molecule has 0 aromatic carbocycles. The van der Waals surface area contributed by atoms with Gasteiger partial charge in [-0.2, -0.15) is 0 Å². The summed E-state index contributed by atoms with van der Waals surface area (Å²) in [5.74, 6) is -1.39. The third-order valence-corrected chi connectivity index (χ3v) is 4.56. The van der Waals surface area contributed by atoms with Crippen molar-refractivity contribution < 1.29 is 23.4 Å². The predicted molar refractivity (Wildman–Crippen MR) is 59.6 cm³/mol. The zero-order chi connectivity index (χ0) is 13.0. The molecule has 2 unspecified atom stereocenters. The second-order valence-electron chi connectivity index (χ2n) is 4.02. The lowest BCUT2D eigenvalue weighted by atomic mass is 9.97. The van der Waals surface area contributed by atoms with Crippen molar-refractivity contribution in [2.24, 2.45) is 0 Å². The molecule has 0 heterocycles. The van der Waals surface area contributed by atoms with E-state index in [2.05, 4.69) is 4.72 Å². The Morgan fingerprint density at radius 1 is 1.50 bits per heavy atom. The molecule has 0 aromatic rings. The molecule has 0 aliphatic heterocycles. The normalized spacial score (nSPS) is 17.8. The molecule has 7 heteroatoms. The molecule has 0 aromatic heterocycles. The lowest BCUT2D eigenvalue weighted by Crippen LogP contribution is -2.50. The number of aliphatic carboxylic acids is 1. The van der Waals surface area contributed by atoms with E-state index in [1.54, 1.807) is 13.8 Å². The van der Waals surface area contributed by atoms with Gasteiger partial charge in [-0.15, -0.1) is 0 Å². The van der Waals surface area contributed by atoms with Crippen LogP contribution in [0.3, 0.4) is 0 Å². The molecular formula is C9H19NO5S. The van der Waals surface area contributed by atoms with Gasteiger partial charge in [-0.25, -0.2) is 13.1 Å². The summed E-state index contributed by atoms with van der Waals surface area (Å²) >= 11 is 0. The van der Waals surface area contributed by atoms with Gasteiger partial charge in [-0.05, 0) is 26.7 Å². The number of carboxylic acid groups (broad SMARTS) is 1. The quantitative estimate of drug-likeness (QED) is 0.589. The minimum atomic E-state index is -3.91. The topological polar surface area (TPSA) is 104 Å². The molecule has 0 rings (SSSR count). The molecular weight excluding hydrogens is 234 g/mol. The third kappa shape index (κ3) is 4.07. The smallest absolute Gasteiger partial charge is 0.323 e. The van der Waals surface area contributed by atoms with Gasteiger partial charge in [0.05, 0.1) is 0 Å². The maximum Gasteiger partial charge on any atom is 0.323 e. The van der Waals surface area contributed by atoms with E-state index < -0.39 is 26.8 Å². The molecule has 0 aliphatic carbocycles. The highest BCUT2D eigenvalue weighted by atomic mass is 32.2. The summed E-state index contributed by atoms with van der Waals surface area (Å²) in [7, 11) is -3.91. The molecule has 0 radical (unpaired) electrons. The van der Waals surface area contributed by atoms with Crippen LogP contribution in [-0.4, -0.2) is 42.0 Å². The Morgan fingerprint density at radius 3 is 2.31 bits per heavy atom. The van der Waals surface area contributed by atoms with Gasteiger partial charge < -0.3 is 10.2 Å². The molecule has 0 fully saturated rings. The number of carbonyl (C=O) groups is 1. The summed E-state index contributed by atoms with van der Waals surface area (Å²) in [6.45, 7) is 4.35. The first-order chi connectivity index (χ1) is 7.18. The van der Waals surface area contributed by atoms with E-state index >= 15 is 0 Å². The number of hydrogen-bond donors (Lipinski definition) is 3. The van der Waals surface area contributed by atoms with Crippen molar-refractivity contribution >= 4 is 16.0 Å². The fraction of sp³-hybridized carbons (Fsp3) is 0.889. The summed E-state index contributed by atoms with van der Waals surface area (Å²) in [6.07, 6.45) is 0.716. The minimum absolute atomic E-state index is 0.158. The molecule has 0 saturated heterocycles. The Balaban J connectivity index is 4.87. The molecule has 0 spiro atoms. The van der Waals surface area contributed by atoms with Crippen LogP contribution in [0.2, 0.25) is 0 Å². The van der Waals surface area contributed by atoms with E-state index in [4.69, 9.17) is 10.2 Å². The van der Waals surface area contributed by atoms with Crippen LogP contribution in [0.15, 0.2) is 0 Å². The van der Waals surface area contributed by atoms with Gasteiger partial charge in [-0.3, -0.25) is 4.79 Å². The van der Waals surface area contributed by atoms with E-state index in [-0.39, 0.29) is 13.0 Å². The van der Waals surface area contributed by atoms with E-state index in [0.29, 0.717) is 6.42 Å². The Bertz CT molecular complexity index is 340. The SMILES string of the molecule is CCC(C)(CCO)NS(=O)(=O)C(C)C(=O)O. The highest BCUT2D eigenvalue weighted by Crippen LogP contribution is 2.16. The molecule has 96 valence electrons. The van der Waals surface area contributed by atoms with Crippen LogP contribution in [0.4, 0.5) is 0 Å². The minimum Gasteiger partial charge on any atom is -0.480 e. The summed E-state index contributed by atoms with van der Waals surface area (Å²) in [5.41, 5.74) is -0.808. The van der Waals surface area contributed by atoms with Crippen molar-refractivity contribution in [2.75, 3.05) is 6.61 Å². The number of rotatable bonds is 7. The standard InChI is InChI=1S/C9H19NO5S/c1-4-9(3,5-6-11)10-16(14,15)7(2)8(12)13/h7,10-11H,4-6H2,1-3H3,(H,12,13). The summed E-state index contributed by atoms with van der Waals surface area (Å²) in [4.78, 5) is 10.6. The van der Waals surface area contributed by atoms with Crippen molar-refractivity contribution in [2.45, 2.75) is 44.4 Å².